The van der Waals surface area contributed by atoms with Gasteiger partial charge in [0.05, 0.1) is 12.1 Å². The van der Waals surface area contributed by atoms with Crippen LogP contribution in [0.3, 0.4) is 0 Å². The smallest absolute Gasteiger partial charge is 0.412 e. The van der Waals surface area contributed by atoms with Crippen molar-refractivity contribution in [3.8, 4) is 0 Å². The van der Waals surface area contributed by atoms with E-state index in [0.29, 0.717) is 17.4 Å². The fourth-order valence-corrected chi connectivity index (χ4v) is 5.01. The molecule has 9 nitrogen and oxygen atoms in total. The number of nitrogens with zero attached hydrogens (tertiary/aromatic N) is 1. The third-order valence-corrected chi connectivity index (χ3v) is 7.64. The van der Waals surface area contributed by atoms with Crippen LogP contribution in [0, 0.1) is 11.7 Å². The lowest BCUT2D eigenvalue weighted by atomic mass is 9.87. The Balaban J connectivity index is 1.28. The Kier molecular flexibility index (Phi) is 10.7. The number of amides is 1. The van der Waals surface area contributed by atoms with Crippen LogP contribution in [0.15, 0.2) is 48.7 Å². The highest BCUT2D eigenvalue weighted by molar-refractivity contribution is 6.48. The predicted molar refractivity (Wildman–Crippen MR) is 159 cm³/mol. The third kappa shape index (κ3) is 8.14. The van der Waals surface area contributed by atoms with Gasteiger partial charge in [-0.05, 0) is 62.8 Å². The fraction of sp³-hybridized carbons (Fsp3) is 0.419. The Morgan fingerprint density at radius 1 is 1.12 bits per heavy atom. The number of nitrogens with one attached hydrogen (secondary N) is 3. The van der Waals surface area contributed by atoms with Crippen LogP contribution in [0.4, 0.5) is 4.39 Å². The molecule has 1 aliphatic heterocycles. The molecule has 11 heteroatoms. The fourth-order valence-electron chi connectivity index (χ4n) is 5.01. The van der Waals surface area contributed by atoms with E-state index in [2.05, 4.69) is 16.0 Å². The quantitative estimate of drug-likeness (QED) is 0.252. The van der Waals surface area contributed by atoms with Crippen molar-refractivity contribution in [2.24, 2.45) is 5.92 Å². The number of ketones is 2. The lowest BCUT2D eigenvalue weighted by Gasteiger charge is -2.19. The van der Waals surface area contributed by atoms with Crippen molar-refractivity contribution in [1.29, 1.82) is 0 Å². The molecular formula is C31H37BFN4O5. The van der Waals surface area contributed by atoms with Crippen LogP contribution in [0.2, 0.25) is 0 Å². The van der Waals surface area contributed by atoms with Crippen LogP contribution < -0.4 is 21.4 Å². The Bertz CT molecular complexity index is 1450. The van der Waals surface area contributed by atoms with Gasteiger partial charge in [0.1, 0.15) is 18.1 Å². The van der Waals surface area contributed by atoms with Crippen LogP contribution in [0.25, 0.3) is 10.9 Å². The monoisotopic (exact) mass is 575 g/mol. The van der Waals surface area contributed by atoms with Crippen LogP contribution in [0.1, 0.15) is 44.7 Å². The molecular weight excluding hydrogens is 538 g/mol. The van der Waals surface area contributed by atoms with E-state index < -0.39 is 17.8 Å². The summed E-state index contributed by atoms with van der Waals surface area (Å²) in [6, 6.07) is 11.2. The Morgan fingerprint density at radius 2 is 1.90 bits per heavy atom. The molecule has 1 saturated heterocycles. The summed E-state index contributed by atoms with van der Waals surface area (Å²) in [5.41, 5.74) is 2.61. The number of fused-ring (bicyclic) bond motifs is 1. The minimum atomic E-state index is -0.707. The number of hydrogen-bond donors (Lipinski definition) is 3. The summed E-state index contributed by atoms with van der Waals surface area (Å²) in [7, 11) is 1.21. The summed E-state index contributed by atoms with van der Waals surface area (Å²) >= 11 is 0. The van der Waals surface area contributed by atoms with Crippen LogP contribution in [-0.4, -0.2) is 60.7 Å². The molecule has 3 aromatic rings. The van der Waals surface area contributed by atoms with Crippen molar-refractivity contribution in [3.63, 3.8) is 0 Å². The molecule has 3 N–H and O–H groups in total. The first-order chi connectivity index (χ1) is 20.1. The number of benzene rings is 2. The van der Waals surface area contributed by atoms with Crippen LogP contribution in [-0.2, 0) is 43.3 Å². The van der Waals surface area contributed by atoms with E-state index in [9.17, 15) is 23.6 Å². The summed E-state index contributed by atoms with van der Waals surface area (Å²) in [6.07, 6.45) is 4.10. The van der Waals surface area contributed by atoms with Crippen LogP contribution in [0.5, 0.6) is 0 Å². The molecule has 1 aliphatic rings. The summed E-state index contributed by atoms with van der Waals surface area (Å²) in [4.78, 5) is 48.8. The number of rotatable bonds is 14. The van der Waals surface area contributed by atoms with Gasteiger partial charge in [0.2, 0.25) is 5.91 Å². The summed E-state index contributed by atoms with van der Waals surface area (Å²) < 4.78 is 21.9. The number of carbonyl (C=O) groups excluding carboxylic acids is 4. The lowest BCUT2D eigenvalue weighted by Crippen LogP contribution is -2.51. The second-order valence-corrected chi connectivity index (χ2v) is 10.9. The zero-order chi connectivity index (χ0) is 30.2. The largest absolute Gasteiger partial charge is 0.532 e. The molecule has 0 unspecified atom stereocenters. The topological polar surface area (TPSA) is 119 Å². The molecule has 4 rings (SSSR count). The Labute approximate surface area is 245 Å². The molecule has 0 saturated carbocycles. The van der Waals surface area contributed by atoms with Gasteiger partial charge >= 0.3 is 13.5 Å². The van der Waals surface area contributed by atoms with Crippen molar-refractivity contribution in [1.82, 2.24) is 20.5 Å². The lowest BCUT2D eigenvalue weighted by molar-refractivity contribution is -0.134. The molecule has 1 aromatic heterocycles. The SMILES string of the molecule is CC(=O)[C@H](CNCc1ccc([B]OC(=O)Cn2cc(C[C@H](C)C(C)=O)c3ccccc32)cc1F)NC(=O)[C@@H]1CCCN1. The van der Waals surface area contributed by atoms with Gasteiger partial charge in [-0.3, -0.25) is 19.2 Å². The van der Waals surface area contributed by atoms with Gasteiger partial charge in [-0.25, -0.2) is 4.39 Å². The van der Waals surface area contributed by atoms with Gasteiger partial charge in [0.15, 0.2) is 5.78 Å². The van der Waals surface area contributed by atoms with E-state index in [-0.39, 0.29) is 49.1 Å². The van der Waals surface area contributed by atoms with Gasteiger partial charge in [0.25, 0.3) is 0 Å². The van der Waals surface area contributed by atoms with E-state index >= 15 is 0 Å². The summed E-state index contributed by atoms with van der Waals surface area (Å²) in [5, 5.41) is 9.88. The molecule has 1 radical (unpaired) electrons. The first kappa shape index (κ1) is 31.1. The van der Waals surface area contributed by atoms with E-state index in [1.165, 1.54) is 20.5 Å². The number of carbonyl (C=O) groups is 4. The van der Waals surface area contributed by atoms with Crippen LogP contribution >= 0.6 is 0 Å². The second kappa shape index (κ2) is 14.4. The summed E-state index contributed by atoms with van der Waals surface area (Å²) in [6.45, 7) is 5.93. The zero-order valence-electron chi connectivity index (χ0n) is 24.2. The second-order valence-electron chi connectivity index (χ2n) is 10.9. The zero-order valence-corrected chi connectivity index (χ0v) is 24.2. The Hall–Kier alpha value is -3.83. The van der Waals surface area contributed by atoms with E-state index in [4.69, 9.17) is 4.65 Å². The van der Waals surface area contributed by atoms with Crippen molar-refractivity contribution in [2.75, 3.05) is 13.1 Å². The number of hydrogen-bond acceptors (Lipinski definition) is 7. The molecule has 42 heavy (non-hydrogen) atoms. The number of halogens is 1. The molecule has 0 bridgehead atoms. The standard InChI is InChI=1S/C31H37BFN4O5/c1-19(20(2)38)13-23-17-37(29-9-5-4-7-25(23)29)18-30(40)42-32-24-11-10-22(26(33)14-24)15-34-16-28(21(3)39)36-31(41)27-8-6-12-35-27/h4-5,7,9-11,14,17,19,27-28,34-35H,6,8,12-13,15-16,18H2,1-3H3,(H,36,41)/t19-,27-,28-/m0/s1. The number of Topliss-reactive ketones (excluding diaryl/α,β-unsaturated/α-hetero) is 2. The molecule has 1 amide bonds. The van der Waals surface area contributed by atoms with E-state index in [1.807, 2.05) is 37.4 Å². The van der Waals surface area contributed by atoms with E-state index in [1.54, 1.807) is 23.6 Å². The predicted octanol–water partition coefficient (Wildman–Crippen LogP) is 1.95. The molecule has 2 heterocycles. The highest BCUT2D eigenvalue weighted by Crippen LogP contribution is 2.24. The van der Waals surface area contributed by atoms with Gasteiger partial charge < -0.3 is 25.2 Å². The maximum absolute atomic E-state index is 14.8. The highest BCUT2D eigenvalue weighted by atomic mass is 19.1. The molecule has 1 fully saturated rings. The maximum atomic E-state index is 14.8. The molecule has 221 valence electrons. The minimum absolute atomic E-state index is 0.0411. The average Bonchev–Trinajstić information content (AvgIpc) is 3.61. The number of aromatic nitrogens is 1. The molecule has 3 atom stereocenters. The normalized spacial score (nSPS) is 16.1. The maximum Gasteiger partial charge on any atom is 0.412 e. The van der Waals surface area contributed by atoms with Gasteiger partial charge in [0, 0.05) is 41.7 Å². The van der Waals surface area contributed by atoms with Gasteiger partial charge in [-0.15, -0.1) is 0 Å². The third-order valence-electron chi connectivity index (χ3n) is 7.64. The van der Waals surface area contributed by atoms with Gasteiger partial charge in [-0.1, -0.05) is 37.3 Å². The summed E-state index contributed by atoms with van der Waals surface area (Å²) in [5.74, 6) is -1.42. The van der Waals surface area contributed by atoms with Gasteiger partial charge in [-0.2, -0.15) is 0 Å². The number of para-hydroxylation sites is 1. The minimum Gasteiger partial charge on any atom is -0.532 e. The van der Waals surface area contributed by atoms with Crippen molar-refractivity contribution in [2.45, 2.75) is 65.2 Å². The molecule has 0 aliphatic carbocycles. The first-order valence-corrected chi connectivity index (χ1v) is 14.3. The van der Waals surface area contributed by atoms with Crippen molar-refractivity contribution >= 4 is 47.3 Å². The van der Waals surface area contributed by atoms with Crippen molar-refractivity contribution < 1.29 is 28.2 Å². The van der Waals surface area contributed by atoms with Crippen molar-refractivity contribution in [3.05, 3.63) is 65.6 Å². The molecule has 0 spiro atoms. The first-order valence-electron chi connectivity index (χ1n) is 14.3. The molecule has 2 aromatic carbocycles. The van der Waals surface area contributed by atoms with E-state index in [0.717, 1.165) is 35.9 Å². The highest BCUT2D eigenvalue weighted by Gasteiger charge is 2.25. The average molecular weight is 575 g/mol. The Morgan fingerprint density at radius 3 is 2.60 bits per heavy atom.